The Morgan fingerprint density at radius 2 is 2.28 bits per heavy atom. The third-order valence-corrected chi connectivity index (χ3v) is 3.51. The Morgan fingerprint density at radius 1 is 1.56 bits per heavy atom. The molecule has 4 heteroatoms. The Morgan fingerprint density at radius 3 is 2.83 bits per heavy atom. The maximum atomic E-state index is 13.1. The van der Waals surface area contributed by atoms with Crippen molar-refractivity contribution in [1.82, 2.24) is 5.32 Å². The Bertz CT molecular complexity index is 432. The fraction of sp³-hybridized carbons (Fsp3) is 0.500. The van der Waals surface area contributed by atoms with Gasteiger partial charge in [-0.15, -0.1) is 0 Å². The quantitative estimate of drug-likeness (QED) is 0.837. The second-order valence-corrected chi connectivity index (χ2v) is 4.96. The van der Waals surface area contributed by atoms with E-state index in [2.05, 4.69) is 5.32 Å². The zero-order valence-electron chi connectivity index (χ0n) is 10.5. The number of halogens is 1. The number of nitrogens with one attached hydrogen (secondary N) is 1. The first-order valence-electron chi connectivity index (χ1n) is 6.37. The molecule has 1 aliphatic carbocycles. The van der Waals surface area contributed by atoms with Crippen molar-refractivity contribution in [2.75, 3.05) is 6.54 Å². The number of amides is 1. The molecule has 1 aromatic rings. The Hall–Kier alpha value is -1.42. The number of carbonyl (C=O) groups excluding carboxylic acids is 1. The van der Waals surface area contributed by atoms with E-state index < -0.39 is 0 Å². The van der Waals surface area contributed by atoms with Crippen LogP contribution < -0.4 is 11.1 Å². The Labute approximate surface area is 107 Å². The van der Waals surface area contributed by atoms with Gasteiger partial charge in [-0.25, -0.2) is 4.39 Å². The molecule has 0 aliphatic heterocycles. The average Bonchev–Trinajstić information content (AvgIpc) is 3.19. The number of nitrogens with two attached hydrogens (primary N) is 1. The minimum atomic E-state index is -0.353. The van der Waals surface area contributed by atoms with Gasteiger partial charge in [-0.1, -0.05) is 12.1 Å². The van der Waals surface area contributed by atoms with Gasteiger partial charge in [0.15, 0.2) is 0 Å². The lowest BCUT2D eigenvalue weighted by atomic mass is 9.99. The summed E-state index contributed by atoms with van der Waals surface area (Å²) in [4.78, 5) is 12.1. The van der Waals surface area contributed by atoms with E-state index in [4.69, 9.17) is 5.73 Å². The fourth-order valence-corrected chi connectivity index (χ4v) is 2.10. The highest BCUT2D eigenvalue weighted by Crippen LogP contribution is 2.32. The summed E-state index contributed by atoms with van der Waals surface area (Å²) < 4.78 is 13.1. The first-order chi connectivity index (χ1) is 8.61. The summed E-state index contributed by atoms with van der Waals surface area (Å²) in [6, 6.07) is 6.23. The molecule has 1 aliphatic rings. The number of rotatable bonds is 5. The van der Waals surface area contributed by atoms with E-state index in [-0.39, 0.29) is 23.7 Å². The summed E-state index contributed by atoms with van der Waals surface area (Å²) in [5.74, 6) is -0.222. The van der Waals surface area contributed by atoms with Gasteiger partial charge >= 0.3 is 0 Å². The smallest absolute Gasteiger partial charge is 0.227 e. The van der Waals surface area contributed by atoms with E-state index in [0.29, 0.717) is 18.0 Å². The molecule has 3 nitrogen and oxygen atoms in total. The molecule has 2 unspecified atom stereocenters. The second kappa shape index (κ2) is 5.48. The molecule has 1 saturated carbocycles. The zero-order chi connectivity index (χ0) is 13.1. The van der Waals surface area contributed by atoms with E-state index in [9.17, 15) is 9.18 Å². The van der Waals surface area contributed by atoms with Gasteiger partial charge in [0.05, 0.1) is 5.92 Å². The number of carbonyl (C=O) groups is 1. The Kier molecular flexibility index (Phi) is 3.97. The monoisotopic (exact) mass is 250 g/mol. The van der Waals surface area contributed by atoms with Crippen molar-refractivity contribution in [3.8, 4) is 0 Å². The number of hydrogen-bond donors (Lipinski definition) is 2. The second-order valence-electron chi connectivity index (χ2n) is 4.96. The van der Waals surface area contributed by atoms with Gasteiger partial charge in [0.1, 0.15) is 5.82 Å². The van der Waals surface area contributed by atoms with Crippen LogP contribution in [-0.4, -0.2) is 18.5 Å². The molecule has 0 bridgehead atoms. The molecule has 0 radical (unpaired) electrons. The molecule has 1 fully saturated rings. The van der Waals surface area contributed by atoms with Crippen LogP contribution in [0.5, 0.6) is 0 Å². The summed E-state index contributed by atoms with van der Waals surface area (Å²) in [5, 5.41) is 2.96. The highest BCUT2D eigenvalue weighted by molar-refractivity contribution is 5.83. The molecule has 18 heavy (non-hydrogen) atoms. The van der Waals surface area contributed by atoms with Crippen molar-refractivity contribution in [3.63, 3.8) is 0 Å². The summed E-state index contributed by atoms with van der Waals surface area (Å²) in [7, 11) is 0. The Balaban J connectivity index is 1.99. The molecular weight excluding hydrogens is 231 g/mol. The van der Waals surface area contributed by atoms with Gasteiger partial charge in [0.2, 0.25) is 5.91 Å². The summed E-state index contributed by atoms with van der Waals surface area (Å²) >= 11 is 0. The van der Waals surface area contributed by atoms with Crippen LogP contribution in [0.2, 0.25) is 0 Å². The van der Waals surface area contributed by atoms with Crippen molar-refractivity contribution < 1.29 is 9.18 Å². The van der Waals surface area contributed by atoms with Crippen LogP contribution in [0.1, 0.15) is 31.2 Å². The van der Waals surface area contributed by atoms with Crippen LogP contribution in [-0.2, 0) is 4.79 Å². The van der Waals surface area contributed by atoms with E-state index >= 15 is 0 Å². The van der Waals surface area contributed by atoms with Crippen LogP contribution in [0.15, 0.2) is 24.3 Å². The number of benzene rings is 1. The first-order valence-corrected chi connectivity index (χ1v) is 6.37. The lowest BCUT2D eigenvalue weighted by molar-refractivity contribution is -0.123. The minimum Gasteiger partial charge on any atom is -0.351 e. The summed E-state index contributed by atoms with van der Waals surface area (Å²) in [6.07, 6.45) is 2.27. The molecule has 1 amide bonds. The maximum absolute atomic E-state index is 13.1. The van der Waals surface area contributed by atoms with Crippen molar-refractivity contribution in [3.05, 3.63) is 35.6 Å². The van der Waals surface area contributed by atoms with Crippen molar-refractivity contribution in [1.29, 1.82) is 0 Å². The van der Waals surface area contributed by atoms with Crippen molar-refractivity contribution >= 4 is 5.91 Å². The molecule has 0 heterocycles. The average molecular weight is 250 g/mol. The molecule has 1 aromatic carbocycles. The highest BCUT2D eigenvalue weighted by Gasteiger charge is 2.32. The molecule has 0 aromatic heterocycles. The van der Waals surface area contributed by atoms with Crippen LogP contribution in [0.4, 0.5) is 4.39 Å². The van der Waals surface area contributed by atoms with Gasteiger partial charge in [-0.05, 0) is 43.4 Å². The lowest BCUT2D eigenvalue weighted by Gasteiger charge is -2.19. The largest absolute Gasteiger partial charge is 0.351 e. The molecule has 98 valence electrons. The molecular formula is C14H19FN2O. The van der Waals surface area contributed by atoms with Crippen LogP contribution in [0, 0.1) is 11.7 Å². The predicted molar refractivity (Wildman–Crippen MR) is 68.5 cm³/mol. The third-order valence-electron chi connectivity index (χ3n) is 3.51. The van der Waals surface area contributed by atoms with E-state index in [1.807, 2.05) is 0 Å². The molecule has 2 atom stereocenters. The topological polar surface area (TPSA) is 55.1 Å². The third kappa shape index (κ3) is 3.07. The fourth-order valence-electron chi connectivity index (χ4n) is 2.10. The van der Waals surface area contributed by atoms with Gasteiger partial charge in [0.25, 0.3) is 0 Å². The van der Waals surface area contributed by atoms with Gasteiger partial charge in [0, 0.05) is 12.6 Å². The highest BCUT2D eigenvalue weighted by atomic mass is 19.1. The summed E-state index contributed by atoms with van der Waals surface area (Å²) in [6.45, 7) is 2.25. The van der Waals surface area contributed by atoms with Gasteiger partial charge in [-0.3, -0.25) is 4.79 Å². The molecule has 3 N–H and O–H groups in total. The lowest BCUT2D eigenvalue weighted by Crippen LogP contribution is -2.43. The van der Waals surface area contributed by atoms with Gasteiger partial charge < -0.3 is 11.1 Å². The number of hydrogen-bond acceptors (Lipinski definition) is 2. The van der Waals surface area contributed by atoms with E-state index in [0.717, 1.165) is 12.8 Å². The van der Waals surface area contributed by atoms with E-state index in [1.165, 1.54) is 12.1 Å². The molecule has 0 saturated heterocycles. The van der Waals surface area contributed by atoms with Crippen molar-refractivity contribution in [2.45, 2.75) is 31.7 Å². The molecule has 2 rings (SSSR count). The standard InChI is InChI=1S/C14H19FN2O/c1-9(11-3-2-4-12(15)7-11)14(18)17-13(8-16)10-5-6-10/h2-4,7,9-10,13H,5-6,8,16H2,1H3,(H,17,18). The molecule has 0 spiro atoms. The van der Waals surface area contributed by atoms with Crippen LogP contribution in [0.3, 0.4) is 0 Å². The first kappa shape index (κ1) is 13.0. The van der Waals surface area contributed by atoms with Gasteiger partial charge in [-0.2, -0.15) is 0 Å². The van der Waals surface area contributed by atoms with E-state index in [1.54, 1.807) is 19.1 Å². The normalized spacial score (nSPS) is 18.2. The SMILES string of the molecule is CC(C(=O)NC(CN)C1CC1)c1cccc(F)c1. The summed E-state index contributed by atoms with van der Waals surface area (Å²) in [5.41, 5.74) is 6.34. The predicted octanol–water partition coefficient (Wildman–Crippen LogP) is 1.78. The minimum absolute atomic E-state index is 0.0634. The van der Waals surface area contributed by atoms with Crippen LogP contribution in [0.25, 0.3) is 0 Å². The zero-order valence-corrected chi connectivity index (χ0v) is 10.5. The van der Waals surface area contributed by atoms with Crippen molar-refractivity contribution in [2.24, 2.45) is 11.7 Å². The maximum Gasteiger partial charge on any atom is 0.227 e. The van der Waals surface area contributed by atoms with Crippen LogP contribution >= 0.6 is 0 Å².